The lowest BCUT2D eigenvalue weighted by Crippen LogP contribution is -2.23. The highest BCUT2D eigenvalue weighted by Crippen LogP contribution is 2.33. The molecule has 1 aliphatic rings. The van der Waals surface area contributed by atoms with E-state index in [0.29, 0.717) is 27.7 Å². The van der Waals surface area contributed by atoms with Crippen LogP contribution >= 0.6 is 27.3 Å². The lowest BCUT2D eigenvalue weighted by Gasteiger charge is -2.19. The summed E-state index contributed by atoms with van der Waals surface area (Å²) in [6.07, 6.45) is 1.63. The molecule has 0 saturated carbocycles. The van der Waals surface area contributed by atoms with Crippen molar-refractivity contribution in [2.24, 2.45) is 0 Å². The van der Waals surface area contributed by atoms with Crippen molar-refractivity contribution in [2.45, 2.75) is 6.92 Å². The Morgan fingerprint density at radius 1 is 1.31 bits per heavy atom. The second kappa shape index (κ2) is 7.88. The number of hydrogen-bond acceptors (Lipinski definition) is 5. The maximum Gasteiger partial charge on any atom is 0.230 e. The largest absolute Gasteiger partial charge is 0.488 e. The van der Waals surface area contributed by atoms with Gasteiger partial charge in [-0.2, -0.15) is 0 Å². The van der Waals surface area contributed by atoms with Gasteiger partial charge in [0, 0.05) is 22.3 Å². The van der Waals surface area contributed by atoms with Gasteiger partial charge in [0.15, 0.2) is 10.9 Å². The van der Waals surface area contributed by atoms with Gasteiger partial charge in [0.05, 0.1) is 16.9 Å². The van der Waals surface area contributed by atoms with Gasteiger partial charge >= 0.3 is 0 Å². The van der Waals surface area contributed by atoms with Crippen molar-refractivity contribution in [3.05, 3.63) is 75.0 Å². The number of nitrogens with zero attached hydrogens (tertiary/aromatic N) is 2. The molecule has 5 nitrogen and oxygen atoms in total. The number of fused-ring (bicyclic) bond motifs is 1. The van der Waals surface area contributed by atoms with Gasteiger partial charge in [0.2, 0.25) is 5.91 Å². The predicted octanol–water partition coefficient (Wildman–Crippen LogP) is 5.39. The Hall–Kier alpha value is -2.84. The summed E-state index contributed by atoms with van der Waals surface area (Å²) in [5, 5.41) is 2.03. The lowest BCUT2D eigenvalue weighted by molar-refractivity contribution is -0.115. The fraction of sp³-hybridized carbons (Fsp3) is 0.0952. The molecule has 3 aromatic rings. The zero-order valence-electron chi connectivity index (χ0n) is 15.2. The molecule has 1 aliphatic heterocycles. The van der Waals surface area contributed by atoms with E-state index in [1.165, 1.54) is 35.3 Å². The number of aromatic nitrogens is 1. The van der Waals surface area contributed by atoms with E-state index in [2.05, 4.69) is 20.9 Å². The van der Waals surface area contributed by atoms with Crippen molar-refractivity contribution >= 4 is 55.9 Å². The van der Waals surface area contributed by atoms with Gasteiger partial charge in [0.25, 0.3) is 0 Å². The van der Waals surface area contributed by atoms with E-state index in [1.807, 2.05) is 6.07 Å². The first-order valence-electron chi connectivity index (χ1n) is 8.62. The molecule has 0 saturated heterocycles. The Labute approximate surface area is 178 Å². The summed E-state index contributed by atoms with van der Waals surface area (Å²) in [7, 11) is 0. The van der Waals surface area contributed by atoms with Crippen LogP contribution in [0.25, 0.3) is 6.08 Å². The number of benzene rings is 2. The number of hydrogen-bond donors (Lipinski definition) is 0. The number of thiazole rings is 1. The van der Waals surface area contributed by atoms with Crippen molar-refractivity contribution < 1.29 is 18.7 Å². The molecule has 0 radical (unpaired) electrons. The fourth-order valence-corrected chi connectivity index (χ4v) is 4.17. The maximum atomic E-state index is 14.2. The lowest BCUT2D eigenvalue weighted by atomic mass is 10.00. The standard InChI is InChI=1S/C21H14BrFN2O3S/c1-12(26)25(18-5-3-2-4-17(18)23)21-24-15(11-29-21)8-13-10-28-19-7-6-14(22)9-16(19)20(13)27/h2-9,11H,10H2,1H3/b13-8-. The molecular weight excluding hydrogens is 459 g/mol. The van der Waals surface area contributed by atoms with E-state index in [-0.39, 0.29) is 24.0 Å². The summed E-state index contributed by atoms with van der Waals surface area (Å²) in [4.78, 5) is 30.6. The Balaban J connectivity index is 1.66. The third-order valence-corrected chi connectivity index (χ3v) is 5.63. The quantitative estimate of drug-likeness (QED) is 0.479. The predicted molar refractivity (Wildman–Crippen MR) is 113 cm³/mol. The first-order valence-corrected chi connectivity index (χ1v) is 10.3. The highest BCUT2D eigenvalue weighted by atomic mass is 79.9. The number of ketones is 1. The molecule has 2 aromatic carbocycles. The number of carbonyl (C=O) groups is 2. The van der Waals surface area contributed by atoms with Crippen LogP contribution in [0.4, 0.5) is 15.2 Å². The summed E-state index contributed by atoms with van der Waals surface area (Å²) >= 11 is 4.55. The Morgan fingerprint density at radius 2 is 2.10 bits per heavy atom. The number of carbonyl (C=O) groups excluding carboxylic acids is 2. The maximum absolute atomic E-state index is 14.2. The minimum atomic E-state index is -0.518. The highest BCUT2D eigenvalue weighted by Gasteiger charge is 2.25. The van der Waals surface area contributed by atoms with Crippen LogP contribution in [-0.2, 0) is 4.79 Å². The minimum Gasteiger partial charge on any atom is -0.488 e. The van der Waals surface area contributed by atoms with Crippen LogP contribution in [0.15, 0.2) is 57.9 Å². The Morgan fingerprint density at radius 3 is 2.86 bits per heavy atom. The summed E-state index contributed by atoms with van der Waals surface area (Å²) in [5.74, 6) is -0.480. The zero-order chi connectivity index (χ0) is 20.5. The number of halogens is 2. The first kappa shape index (κ1) is 19.5. The van der Waals surface area contributed by atoms with Crippen molar-refractivity contribution in [3.8, 4) is 5.75 Å². The summed E-state index contributed by atoms with van der Waals surface area (Å²) in [6.45, 7) is 1.48. The van der Waals surface area contributed by atoms with E-state index in [1.54, 1.807) is 35.7 Å². The molecule has 0 bridgehead atoms. The monoisotopic (exact) mass is 472 g/mol. The number of anilines is 2. The third kappa shape index (κ3) is 3.86. The number of para-hydroxylation sites is 1. The molecule has 0 fully saturated rings. The molecule has 8 heteroatoms. The van der Waals surface area contributed by atoms with E-state index < -0.39 is 5.82 Å². The van der Waals surface area contributed by atoms with E-state index in [9.17, 15) is 14.0 Å². The van der Waals surface area contributed by atoms with E-state index in [0.717, 1.165) is 4.47 Å². The molecule has 2 heterocycles. The molecule has 29 heavy (non-hydrogen) atoms. The summed E-state index contributed by atoms with van der Waals surface area (Å²) in [5.41, 5.74) is 1.55. The first-order chi connectivity index (χ1) is 13.9. The van der Waals surface area contributed by atoms with Gasteiger partial charge in [-0.05, 0) is 36.4 Å². The third-order valence-electron chi connectivity index (χ3n) is 4.29. The van der Waals surface area contributed by atoms with Crippen molar-refractivity contribution in [1.82, 2.24) is 4.98 Å². The van der Waals surface area contributed by atoms with Crippen molar-refractivity contribution in [1.29, 1.82) is 0 Å². The normalized spacial score (nSPS) is 14.4. The van der Waals surface area contributed by atoms with Gasteiger partial charge in [-0.1, -0.05) is 28.1 Å². The Kier molecular flexibility index (Phi) is 5.29. The van der Waals surface area contributed by atoms with Gasteiger partial charge < -0.3 is 4.74 Å². The second-order valence-electron chi connectivity index (χ2n) is 6.29. The average molecular weight is 473 g/mol. The van der Waals surface area contributed by atoms with Crippen LogP contribution in [0.5, 0.6) is 5.75 Å². The molecule has 4 rings (SSSR count). The van der Waals surface area contributed by atoms with Gasteiger partial charge in [0.1, 0.15) is 18.2 Å². The second-order valence-corrected chi connectivity index (χ2v) is 8.04. The molecule has 0 N–H and O–H groups in total. The van der Waals surface area contributed by atoms with Crippen LogP contribution in [0.3, 0.4) is 0 Å². The van der Waals surface area contributed by atoms with E-state index in [4.69, 9.17) is 4.74 Å². The fourth-order valence-electron chi connectivity index (χ4n) is 2.97. The summed E-state index contributed by atoms with van der Waals surface area (Å²) in [6, 6.07) is 11.3. The van der Waals surface area contributed by atoms with Crippen molar-refractivity contribution in [3.63, 3.8) is 0 Å². The van der Waals surface area contributed by atoms with Gasteiger partial charge in [-0.25, -0.2) is 9.37 Å². The van der Waals surface area contributed by atoms with Crippen LogP contribution in [0.1, 0.15) is 23.0 Å². The molecule has 1 amide bonds. The topological polar surface area (TPSA) is 59.5 Å². The molecule has 0 aliphatic carbocycles. The van der Waals surface area contributed by atoms with Gasteiger partial charge in [-0.15, -0.1) is 11.3 Å². The van der Waals surface area contributed by atoms with Gasteiger partial charge in [-0.3, -0.25) is 14.5 Å². The molecule has 146 valence electrons. The zero-order valence-corrected chi connectivity index (χ0v) is 17.6. The van der Waals surface area contributed by atoms with Crippen LogP contribution < -0.4 is 9.64 Å². The highest BCUT2D eigenvalue weighted by molar-refractivity contribution is 9.10. The average Bonchev–Trinajstić information content (AvgIpc) is 3.14. The number of ether oxygens (including phenoxy) is 1. The smallest absolute Gasteiger partial charge is 0.230 e. The molecule has 0 unspecified atom stereocenters. The van der Waals surface area contributed by atoms with Crippen molar-refractivity contribution in [2.75, 3.05) is 11.5 Å². The van der Waals surface area contributed by atoms with Crippen LogP contribution in [-0.4, -0.2) is 23.3 Å². The van der Waals surface area contributed by atoms with Crippen LogP contribution in [0.2, 0.25) is 0 Å². The molecule has 0 atom stereocenters. The summed E-state index contributed by atoms with van der Waals surface area (Å²) < 4.78 is 20.6. The number of Topliss-reactive ketones (excluding diaryl/α,β-unsaturated/α-hetero) is 1. The SMILES string of the molecule is CC(=O)N(c1nc(/C=C2/COc3ccc(Br)cc3C2=O)cs1)c1ccccc1F. The molecule has 1 aromatic heterocycles. The molecule has 0 spiro atoms. The number of rotatable bonds is 3. The molecular formula is C21H14BrFN2O3S. The minimum absolute atomic E-state index is 0.129. The van der Waals surface area contributed by atoms with E-state index >= 15 is 0 Å². The Bertz CT molecular complexity index is 1160. The van der Waals surface area contributed by atoms with Crippen LogP contribution in [0, 0.1) is 5.82 Å². The number of amides is 1.